The Kier molecular flexibility index (Phi) is 9.79. The summed E-state index contributed by atoms with van der Waals surface area (Å²) in [6.07, 6.45) is 3.53. The third-order valence-electron chi connectivity index (χ3n) is 7.94. The minimum atomic E-state index is 0.518. The van der Waals surface area contributed by atoms with Gasteiger partial charge in [-0.05, 0) is 125 Å². The van der Waals surface area contributed by atoms with Crippen LogP contribution in [0.2, 0.25) is 0 Å². The van der Waals surface area contributed by atoms with E-state index in [4.69, 9.17) is 9.47 Å². The average Bonchev–Trinajstić information content (AvgIpc) is 3.60. The molecule has 0 aliphatic carbocycles. The fourth-order valence-electron chi connectivity index (χ4n) is 5.80. The number of thiophene rings is 1. The van der Waals surface area contributed by atoms with Gasteiger partial charge in [0, 0.05) is 34.8 Å². The molecule has 1 aromatic heterocycles. The van der Waals surface area contributed by atoms with Gasteiger partial charge in [0.25, 0.3) is 0 Å². The summed E-state index contributed by atoms with van der Waals surface area (Å²) < 4.78 is 13.5. The van der Waals surface area contributed by atoms with Crippen molar-refractivity contribution in [1.82, 2.24) is 9.80 Å². The summed E-state index contributed by atoms with van der Waals surface area (Å²) in [4.78, 5) is 6.29. The summed E-state index contributed by atoms with van der Waals surface area (Å²) in [6.45, 7) is 14.8. The van der Waals surface area contributed by atoms with Gasteiger partial charge in [-0.15, -0.1) is 11.3 Å². The molecule has 5 heteroatoms. The van der Waals surface area contributed by atoms with E-state index in [-0.39, 0.29) is 0 Å². The molecule has 2 heterocycles. The molecule has 4 aromatic rings. The summed E-state index contributed by atoms with van der Waals surface area (Å²) in [5.74, 6) is 1.89. The van der Waals surface area contributed by atoms with Gasteiger partial charge < -0.3 is 9.47 Å². The van der Waals surface area contributed by atoms with E-state index in [2.05, 4.69) is 110 Å². The van der Waals surface area contributed by atoms with E-state index in [9.17, 15) is 0 Å². The Morgan fingerprint density at radius 2 is 1.40 bits per heavy atom. The Morgan fingerprint density at radius 3 is 2.08 bits per heavy atom. The Balaban J connectivity index is 1.26. The standard InChI is InChI=1S/C35H44N2O2S/c1-26(2)37(27(3)4)22-24-39-30-15-11-28(12-16-30)25-33-32-9-5-6-10-34(32)40-35(33)29-13-17-31(18-14-29)38-23-21-36-19-7-8-20-36/h5-6,9-18,26-27H,7-8,19-25H2,1-4H3. The van der Waals surface area contributed by atoms with Crippen LogP contribution in [0.4, 0.5) is 0 Å². The quantitative estimate of drug-likeness (QED) is 0.166. The first kappa shape index (κ1) is 28.7. The van der Waals surface area contributed by atoms with Crippen LogP contribution in [0.1, 0.15) is 51.7 Å². The third kappa shape index (κ3) is 7.25. The monoisotopic (exact) mass is 556 g/mol. The molecule has 0 saturated carbocycles. The maximum atomic E-state index is 6.10. The van der Waals surface area contributed by atoms with E-state index in [1.54, 1.807) is 0 Å². The van der Waals surface area contributed by atoms with Crippen molar-refractivity contribution in [1.29, 1.82) is 0 Å². The van der Waals surface area contributed by atoms with Crippen molar-refractivity contribution in [3.63, 3.8) is 0 Å². The topological polar surface area (TPSA) is 24.9 Å². The number of hydrogen-bond donors (Lipinski definition) is 0. The molecular weight excluding hydrogens is 512 g/mol. The third-order valence-corrected chi connectivity index (χ3v) is 9.20. The first-order valence-electron chi connectivity index (χ1n) is 14.9. The van der Waals surface area contributed by atoms with Crippen molar-refractivity contribution < 1.29 is 9.47 Å². The highest BCUT2D eigenvalue weighted by molar-refractivity contribution is 7.22. The molecule has 0 spiro atoms. The van der Waals surface area contributed by atoms with Gasteiger partial charge in [0.1, 0.15) is 24.7 Å². The molecule has 0 radical (unpaired) electrons. The molecule has 1 aliphatic heterocycles. The first-order chi connectivity index (χ1) is 19.5. The zero-order chi connectivity index (χ0) is 27.9. The number of rotatable bonds is 13. The molecule has 0 atom stereocenters. The Morgan fingerprint density at radius 1 is 0.775 bits per heavy atom. The number of benzene rings is 3. The van der Waals surface area contributed by atoms with Crippen LogP contribution in [0.25, 0.3) is 20.5 Å². The lowest BCUT2D eigenvalue weighted by Gasteiger charge is -2.30. The molecule has 0 amide bonds. The number of ether oxygens (including phenoxy) is 2. The normalized spacial score (nSPS) is 14.2. The number of hydrogen-bond acceptors (Lipinski definition) is 5. The lowest BCUT2D eigenvalue weighted by molar-refractivity contribution is 0.142. The Hall–Kier alpha value is -2.86. The largest absolute Gasteiger partial charge is 0.492 e. The number of fused-ring (bicyclic) bond motifs is 1. The first-order valence-corrected chi connectivity index (χ1v) is 15.7. The zero-order valence-corrected chi connectivity index (χ0v) is 25.4. The summed E-state index contributed by atoms with van der Waals surface area (Å²) in [6, 6.07) is 27.2. The van der Waals surface area contributed by atoms with Gasteiger partial charge in [0.2, 0.25) is 0 Å². The van der Waals surface area contributed by atoms with Crippen LogP contribution in [-0.4, -0.2) is 61.3 Å². The predicted molar refractivity (Wildman–Crippen MR) is 170 cm³/mol. The highest BCUT2D eigenvalue weighted by Gasteiger charge is 2.16. The minimum absolute atomic E-state index is 0.518. The lowest BCUT2D eigenvalue weighted by atomic mass is 9.99. The molecule has 1 fully saturated rings. The van der Waals surface area contributed by atoms with Crippen LogP contribution in [0.5, 0.6) is 11.5 Å². The van der Waals surface area contributed by atoms with Crippen LogP contribution >= 0.6 is 11.3 Å². The van der Waals surface area contributed by atoms with E-state index >= 15 is 0 Å². The molecule has 1 aliphatic rings. The second kappa shape index (κ2) is 13.7. The molecule has 212 valence electrons. The predicted octanol–water partition coefficient (Wildman–Crippen LogP) is 8.13. The summed E-state index contributed by atoms with van der Waals surface area (Å²) in [5.41, 5.74) is 3.94. The van der Waals surface area contributed by atoms with Crippen molar-refractivity contribution in [2.24, 2.45) is 0 Å². The zero-order valence-electron chi connectivity index (χ0n) is 24.6. The van der Waals surface area contributed by atoms with Crippen LogP contribution in [0.3, 0.4) is 0 Å². The average molecular weight is 557 g/mol. The molecule has 4 nitrogen and oxygen atoms in total. The van der Waals surface area contributed by atoms with Gasteiger partial charge in [0.05, 0.1) is 0 Å². The summed E-state index contributed by atoms with van der Waals surface area (Å²) >= 11 is 1.88. The van der Waals surface area contributed by atoms with Crippen molar-refractivity contribution in [2.75, 3.05) is 39.4 Å². The number of nitrogens with zero attached hydrogens (tertiary/aromatic N) is 2. The molecule has 5 rings (SSSR count). The van der Waals surface area contributed by atoms with Gasteiger partial charge in [0.15, 0.2) is 0 Å². The maximum absolute atomic E-state index is 6.10. The molecule has 0 N–H and O–H groups in total. The van der Waals surface area contributed by atoms with Crippen LogP contribution < -0.4 is 9.47 Å². The molecule has 40 heavy (non-hydrogen) atoms. The second-order valence-corrected chi connectivity index (χ2v) is 12.5. The summed E-state index contributed by atoms with van der Waals surface area (Å²) in [7, 11) is 0. The van der Waals surface area contributed by atoms with Gasteiger partial charge in [-0.1, -0.05) is 30.3 Å². The summed E-state index contributed by atoms with van der Waals surface area (Å²) in [5, 5.41) is 1.34. The van der Waals surface area contributed by atoms with Gasteiger partial charge in [-0.25, -0.2) is 0 Å². The van der Waals surface area contributed by atoms with Crippen molar-refractivity contribution in [3.8, 4) is 21.9 Å². The smallest absolute Gasteiger partial charge is 0.119 e. The lowest BCUT2D eigenvalue weighted by Crippen LogP contribution is -2.39. The van der Waals surface area contributed by atoms with Gasteiger partial charge in [-0.2, -0.15) is 0 Å². The van der Waals surface area contributed by atoms with Gasteiger partial charge in [-0.3, -0.25) is 9.80 Å². The van der Waals surface area contributed by atoms with Crippen molar-refractivity contribution >= 4 is 21.4 Å². The molecule has 3 aromatic carbocycles. The Labute approximate surface area is 244 Å². The second-order valence-electron chi connectivity index (χ2n) is 11.4. The molecular formula is C35H44N2O2S. The highest BCUT2D eigenvalue weighted by Crippen LogP contribution is 2.40. The van der Waals surface area contributed by atoms with Crippen LogP contribution in [0.15, 0.2) is 72.8 Å². The van der Waals surface area contributed by atoms with Crippen LogP contribution in [0, 0.1) is 0 Å². The van der Waals surface area contributed by atoms with Gasteiger partial charge >= 0.3 is 0 Å². The van der Waals surface area contributed by atoms with Crippen molar-refractivity contribution in [3.05, 3.63) is 83.9 Å². The number of likely N-dealkylation sites (tertiary alicyclic amines) is 1. The van der Waals surface area contributed by atoms with E-state index < -0.39 is 0 Å². The SMILES string of the molecule is CC(C)N(CCOc1ccc(Cc2c(-c3ccc(OCCN4CCCC4)cc3)sc3ccccc23)cc1)C(C)C. The maximum Gasteiger partial charge on any atom is 0.119 e. The van der Waals surface area contributed by atoms with E-state index in [1.165, 1.54) is 57.6 Å². The van der Waals surface area contributed by atoms with Crippen molar-refractivity contribution in [2.45, 2.75) is 59.0 Å². The van der Waals surface area contributed by atoms with E-state index in [0.717, 1.165) is 37.6 Å². The molecule has 0 bridgehead atoms. The highest BCUT2D eigenvalue weighted by atomic mass is 32.1. The van der Waals surface area contributed by atoms with E-state index in [0.29, 0.717) is 18.7 Å². The van der Waals surface area contributed by atoms with E-state index in [1.807, 2.05) is 11.3 Å². The minimum Gasteiger partial charge on any atom is -0.492 e. The Bertz CT molecular complexity index is 1330. The van der Waals surface area contributed by atoms with Crippen LogP contribution in [-0.2, 0) is 6.42 Å². The fraction of sp³-hybridized carbons (Fsp3) is 0.429. The molecule has 1 saturated heterocycles. The fourth-order valence-corrected chi connectivity index (χ4v) is 7.03. The molecule has 0 unspecified atom stereocenters.